The predicted octanol–water partition coefficient (Wildman–Crippen LogP) is 6.91. The maximum absolute atomic E-state index is 2.24. The Labute approximate surface area is 161 Å². The van der Waals surface area contributed by atoms with Gasteiger partial charge in [-0.25, -0.2) is 0 Å². The molecule has 0 bridgehead atoms. The van der Waals surface area contributed by atoms with E-state index in [1.165, 1.54) is 17.0 Å². The van der Waals surface area contributed by atoms with Gasteiger partial charge in [0, 0.05) is 7.92 Å². The first-order chi connectivity index (χ1) is 11.9. The van der Waals surface area contributed by atoms with Crippen LogP contribution in [0.5, 0.6) is 0 Å². The van der Waals surface area contributed by atoms with Gasteiger partial charge in [0.05, 0.1) is 17.0 Å². The van der Waals surface area contributed by atoms with E-state index in [1.807, 2.05) is 0 Å². The summed E-state index contributed by atoms with van der Waals surface area (Å²) in [7, 11) is -0.0465. The van der Waals surface area contributed by atoms with Gasteiger partial charge in [0.25, 0.3) is 0 Å². The van der Waals surface area contributed by atoms with Crippen LogP contribution in [0.25, 0.3) is 0 Å². The second kappa shape index (κ2) is 13.1. The molecule has 0 saturated heterocycles. The fourth-order valence-electron chi connectivity index (χ4n) is 5.41. The van der Waals surface area contributed by atoms with Gasteiger partial charge in [0.2, 0.25) is 0 Å². The van der Waals surface area contributed by atoms with Crippen LogP contribution in [0.2, 0.25) is 0 Å². The van der Waals surface area contributed by atoms with Crippen LogP contribution < -0.4 is 0 Å². The molecule has 2 heteroatoms. The van der Waals surface area contributed by atoms with Crippen molar-refractivity contribution >= 4 is 16.7 Å². The first-order valence-electron chi connectivity index (χ1n) is 10.8. The van der Waals surface area contributed by atoms with Crippen molar-refractivity contribution in [2.24, 2.45) is 0 Å². The topological polar surface area (TPSA) is 0 Å². The molecule has 0 atom stereocenters. The minimum absolute atomic E-state index is 0.0465. The molecule has 0 aromatic carbocycles. The second-order valence-electron chi connectivity index (χ2n) is 7.98. The molecule has 0 N–H and O–H groups in total. The average Bonchev–Trinajstić information content (AvgIpc) is 2.66. The van der Waals surface area contributed by atoms with Crippen molar-refractivity contribution in [2.45, 2.75) is 127 Å². The van der Waals surface area contributed by atoms with Crippen LogP contribution >= 0.6 is 7.92 Å². The zero-order valence-corrected chi connectivity index (χ0v) is 19.6. The molecule has 3 rings (SSSR count). The molecule has 24 heavy (non-hydrogen) atoms. The average molecular weight is 533 g/mol. The van der Waals surface area contributed by atoms with E-state index < -0.39 is 0 Å². The Morgan fingerprint density at radius 1 is 0.542 bits per heavy atom. The molecule has 0 radical (unpaired) electrons. The summed E-state index contributed by atoms with van der Waals surface area (Å²) < 4.78 is 4.47. The van der Waals surface area contributed by atoms with Gasteiger partial charge in [-0.05, 0) is 77.0 Å². The predicted molar refractivity (Wildman–Crippen MR) is 112 cm³/mol. The quantitative estimate of drug-likeness (QED) is 0.347. The third kappa shape index (κ3) is 7.23. The van der Waals surface area contributed by atoms with Crippen LogP contribution in [0.4, 0.5) is 0 Å². The van der Waals surface area contributed by atoms with E-state index in [0.717, 1.165) is 0 Å². The molecule has 0 unspecified atom stereocenters. The van der Waals surface area contributed by atoms with Gasteiger partial charge in [-0.1, -0.05) is 19.3 Å². The molecule has 3 aliphatic carbocycles. The van der Waals surface area contributed by atoms with E-state index in [9.17, 15) is 0 Å². The first-order valence-corrected chi connectivity index (χ1v) is 15.2. The monoisotopic (exact) mass is 532 g/mol. The Kier molecular flexibility index (Phi) is 11.5. The van der Waals surface area contributed by atoms with E-state index in [0.29, 0.717) is 17.6 Å². The van der Waals surface area contributed by atoms with Gasteiger partial charge in [0.1, 0.15) is 0 Å². The van der Waals surface area contributed by atoms with Gasteiger partial charge < -0.3 is 0 Å². The third-order valence-electron chi connectivity index (χ3n) is 6.44. The Bertz CT molecular complexity index is 319. The molecule has 0 aromatic heterocycles. The standard InChI is InChI=1S/C18H33P.2C2H4.Pt/c1-4-10-16(11-5-1)19(17-12-6-2-7-13-17)18-14-8-3-9-15-18;2*1-2;/h16-18H,1-15H2;2*1H,2H3;/p+1. The van der Waals surface area contributed by atoms with Gasteiger partial charge in [-0.15, -0.1) is 0 Å². The molecule has 0 nitrogen and oxygen atoms in total. The zero-order valence-electron chi connectivity index (χ0n) is 16.3. The summed E-state index contributed by atoms with van der Waals surface area (Å²) in [5.74, 6) is 0. The van der Waals surface area contributed by atoms with E-state index >= 15 is 0 Å². The Hall–Kier alpha value is 0.858. The molecule has 3 aliphatic rings. The molecule has 3 fully saturated rings. The number of rotatable bonds is 3. The van der Waals surface area contributed by atoms with Crippen LogP contribution in [0.1, 0.15) is 110 Å². The summed E-state index contributed by atoms with van der Waals surface area (Å²) >= 11 is 0.373. The maximum atomic E-state index is 2.24. The second-order valence-corrected chi connectivity index (χ2v) is 14.8. The molecule has 0 heterocycles. The van der Waals surface area contributed by atoms with Crippen molar-refractivity contribution in [1.82, 2.24) is 0 Å². The summed E-state index contributed by atoms with van der Waals surface area (Å²) in [6, 6.07) is 0. The van der Waals surface area contributed by atoms with E-state index in [1.54, 1.807) is 96.3 Å². The van der Waals surface area contributed by atoms with Crippen LogP contribution in [0.15, 0.2) is 0 Å². The van der Waals surface area contributed by atoms with Crippen molar-refractivity contribution in [3.05, 3.63) is 0 Å². The fraction of sp³-hybridized carbons (Fsp3) is 0.909. The van der Waals surface area contributed by atoms with Crippen molar-refractivity contribution < 1.29 is 17.6 Å². The molecule has 144 valence electrons. The number of hydrogen-bond donors (Lipinski definition) is 0. The van der Waals surface area contributed by atoms with Crippen LogP contribution in [-0.2, 0) is 17.6 Å². The summed E-state index contributed by atoms with van der Waals surface area (Å²) in [5.41, 5.74) is 3.68. The van der Waals surface area contributed by atoms with E-state index in [-0.39, 0.29) is 7.92 Å². The molecule has 0 aromatic rings. The Morgan fingerprint density at radius 3 is 1.04 bits per heavy atom. The van der Waals surface area contributed by atoms with E-state index in [4.69, 9.17) is 0 Å². The first kappa shape index (κ1) is 21.2. The van der Waals surface area contributed by atoms with Crippen molar-refractivity contribution in [3.63, 3.8) is 0 Å². The summed E-state index contributed by atoms with van der Waals surface area (Å²) in [6.07, 6.45) is 23.8. The fourth-order valence-corrected chi connectivity index (χ4v) is 11.4. The molecular weight excluding hydrogens is 490 g/mol. The molecule has 0 spiro atoms. The van der Waals surface area contributed by atoms with Crippen LogP contribution in [0.3, 0.4) is 0 Å². The minimum atomic E-state index is -0.0465. The summed E-state index contributed by atoms with van der Waals surface area (Å²) in [5, 5.41) is 0. The summed E-state index contributed by atoms with van der Waals surface area (Å²) in [6.45, 7) is 4.21. The normalized spacial score (nSPS) is 24.5. The molecule has 0 amide bonds. The zero-order chi connectivity index (χ0) is 17.0. The van der Waals surface area contributed by atoms with Crippen molar-refractivity contribution in [3.8, 4) is 0 Å². The summed E-state index contributed by atoms with van der Waals surface area (Å²) in [4.78, 5) is 0. The Morgan fingerprint density at radius 2 is 0.833 bits per heavy atom. The van der Waals surface area contributed by atoms with Gasteiger partial charge >= 0.3 is 40.3 Å². The Balaban J connectivity index is 0.000000368. The van der Waals surface area contributed by atoms with Crippen molar-refractivity contribution in [2.75, 3.05) is 0 Å². The van der Waals surface area contributed by atoms with Gasteiger partial charge in [-0.2, -0.15) is 0 Å². The molecule has 0 aliphatic heterocycles. The molecular formula is C22H42PPt+. The van der Waals surface area contributed by atoms with Crippen molar-refractivity contribution in [1.29, 1.82) is 0 Å². The van der Waals surface area contributed by atoms with Gasteiger partial charge in [-0.3, -0.25) is 0 Å². The van der Waals surface area contributed by atoms with Crippen LogP contribution in [0, 0.1) is 0 Å². The van der Waals surface area contributed by atoms with Gasteiger partial charge in [0.15, 0.2) is 0 Å². The van der Waals surface area contributed by atoms with Crippen LogP contribution in [-0.4, -0.2) is 25.8 Å². The molecule has 3 saturated carbocycles. The third-order valence-corrected chi connectivity index (χ3v) is 12.5. The number of hydrogen-bond acceptors (Lipinski definition) is 0. The SMILES string of the molecule is C1CCC([PH+](C2CCCCC2)C2CCCCC2)CC1.C[CH]=[Pt]=[CH]C. The van der Waals surface area contributed by atoms with E-state index in [2.05, 4.69) is 22.6 Å².